The van der Waals surface area contributed by atoms with E-state index in [4.69, 9.17) is 9.15 Å². The number of benzene rings is 1. The largest absolute Gasteiger partial charge is 0.507 e. The van der Waals surface area contributed by atoms with E-state index >= 15 is 0 Å². The molecule has 2 rings (SSSR count). The first kappa shape index (κ1) is 14.5. The highest BCUT2D eigenvalue weighted by molar-refractivity contribution is 5.39. The lowest BCUT2D eigenvalue weighted by Crippen LogP contribution is -2.25. The Morgan fingerprint density at radius 2 is 2.20 bits per heavy atom. The second-order valence-corrected chi connectivity index (χ2v) is 4.89. The summed E-state index contributed by atoms with van der Waals surface area (Å²) in [6.45, 7) is 2.76. The van der Waals surface area contributed by atoms with Gasteiger partial charge in [-0.1, -0.05) is 6.07 Å². The van der Waals surface area contributed by atoms with Gasteiger partial charge in [-0.3, -0.25) is 0 Å². The zero-order valence-corrected chi connectivity index (χ0v) is 11.9. The van der Waals surface area contributed by atoms with Crippen LogP contribution in [0.2, 0.25) is 0 Å². The molecule has 2 N–H and O–H groups in total. The predicted molar refractivity (Wildman–Crippen MR) is 78.0 cm³/mol. The topological polar surface area (TPSA) is 54.6 Å². The van der Waals surface area contributed by atoms with Gasteiger partial charge in [0.05, 0.1) is 13.4 Å². The van der Waals surface area contributed by atoms with Crippen molar-refractivity contribution in [2.45, 2.75) is 32.4 Å². The number of phenols is 1. The SMILES string of the molecule is COc1ccc(CNC(C)CCc2ccco2)c(O)c1. The molecule has 0 aliphatic heterocycles. The zero-order valence-electron chi connectivity index (χ0n) is 11.9. The third-order valence-electron chi connectivity index (χ3n) is 3.34. The molecule has 4 heteroatoms. The van der Waals surface area contributed by atoms with Gasteiger partial charge in [-0.25, -0.2) is 0 Å². The second-order valence-electron chi connectivity index (χ2n) is 4.89. The van der Waals surface area contributed by atoms with Crippen molar-refractivity contribution >= 4 is 0 Å². The fourth-order valence-corrected chi connectivity index (χ4v) is 2.02. The van der Waals surface area contributed by atoms with E-state index in [9.17, 15) is 5.11 Å². The van der Waals surface area contributed by atoms with Crippen molar-refractivity contribution in [2.75, 3.05) is 7.11 Å². The van der Waals surface area contributed by atoms with Gasteiger partial charge in [0, 0.05) is 30.6 Å². The minimum Gasteiger partial charge on any atom is -0.507 e. The lowest BCUT2D eigenvalue weighted by molar-refractivity contribution is 0.404. The highest BCUT2D eigenvalue weighted by Crippen LogP contribution is 2.23. The molecule has 1 heterocycles. The fourth-order valence-electron chi connectivity index (χ4n) is 2.02. The van der Waals surface area contributed by atoms with Gasteiger partial charge in [0.15, 0.2) is 0 Å². The van der Waals surface area contributed by atoms with Crippen LogP contribution in [0.5, 0.6) is 11.5 Å². The number of nitrogens with one attached hydrogen (secondary N) is 1. The Bertz CT molecular complexity index is 523. The molecule has 20 heavy (non-hydrogen) atoms. The van der Waals surface area contributed by atoms with Crippen molar-refractivity contribution in [1.82, 2.24) is 5.32 Å². The molecule has 0 aliphatic rings. The number of ether oxygens (including phenoxy) is 1. The number of methoxy groups -OCH3 is 1. The van der Waals surface area contributed by atoms with Crippen molar-refractivity contribution in [1.29, 1.82) is 0 Å². The molecule has 0 radical (unpaired) electrons. The quantitative estimate of drug-likeness (QED) is 0.815. The van der Waals surface area contributed by atoms with E-state index in [0.717, 1.165) is 24.2 Å². The summed E-state index contributed by atoms with van der Waals surface area (Å²) in [6.07, 6.45) is 3.60. The van der Waals surface area contributed by atoms with E-state index in [1.165, 1.54) is 0 Å². The number of furan rings is 1. The molecule has 0 bridgehead atoms. The number of aryl methyl sites for hydroxylation is 1. The van der Waals surface area contributed by atoms with Crippen LogP contribution in [0.4, 0.5) is 0 Å². The summed E-state index contributed by atoms with van der Waals surface area (Å²) in [5.74, 6) is 1.93. The van der Waals surface area contributed by atoms with Crippen LogP contribution in [0.3, 0.4) is 0 Å². The highest BCUT2D eigenvalue weighted by Gasteiger charge is 2.07. The number of hydrogen-bond donors (Lipinski definition) is 2. The molecule has 0 saturated carbocycles. The van der Waals surface area contributed by atoms with Crippen LogP contribution in [0.15, 0.2) is 41.0 Å². The summed E-state index contributed by atoms with van der Waals surface area (Å²) in [4.78, 5) is 0. The summed E-state index contributed by atoms with van der Waals surface area (Å²) in [7, 11) is 1.59. The first-order chi connectivity index (χ1) is 9.69. The summed E-state index contributed by atoms with van der Waals surface area (Å²) in [5, 5.41) is 13.3. The Kier molecular flexibility index (Phi) is 5.07. The maximum Gasteiger partial charge on any atom is 0.123 e. The molecular formula is C16H21NO3. The van der Waals surface area contributed by atoms with Gasteiger partial charge in [0.1, 0.15) is 17.3 Å². The first-order valence-electron chi connectivity index (χ1n) is 6.80. The van der Waals surface area contributed by atoms with E-state index < -0.39 is 0 Å². The normalized spacial score (nSPS) is 12.3. The standard InChI is InChI=1S/C16H21NO3/c1-12(5-7-14-4-3-9-20-14)17-11-13-6-8-15(19-2)10-16(13)18/h3-4,6,8-10,12,17-18H,5,7,11H2,1-2H3. The number of phenolic OH excluding ortho intramolecular Hbond substituents is 1. The molecular weight excluding hydrogens is 254 g/mol. The van der Waals surface area contributed by atoms with Crippen molar-refractivity contribution in [3.8, 4) is 11.5 Å². The maximum atomic E-state index is 9.88. The van der Waals surface area contributed by atoms with Gasteiger partial charge in [0.25, 0.3) is 0 Å². The maximum absolute atomic E-state index is 9.88. The molecule has 0 fully saturated rings. The smallest absolute Gasteiger partial charge is 0.123 e. The van der Waals surface area contributed by atoms with E-state index in [1.807, 2.05) is 24.3 Å². The molecule has 4 nitrogen and oxygen atoms in total. The third kappa shape index (κ3) is 4.03. The van der Waals surface area contributed by atoms with E-state index in [2.05, 4.69) is 12.2 Å². The highest BCUT2D eigenvalue weighted by atomic mass is 16.5. The van der Waals surface area contributed by atoms with Crippen LogP contribution < -0.4 is 10.1 Å². The molecule has 2 aromatic rings. The molecule has 0 spiro atoms. The van der Waals surface area contributed by atoms with Crippen molar-refractivity contribution < 1.29 is 14.3 Å². The molecule has 0 aliphatic carbocycles. The van der Waals surface area contributed by atoms with E-state index in [0.29, 0.717) is 18.3 Å². The summed E-state index contributed by atoms with van der Waals surface area (Å²) in [5.41, 5.74) is 0.871. The minimum atomic E-state index is 0.259. The van der Waals surface area contributed by atoms with Crippen LogP contribution in [0.25, 0.3) is 0 Å². The third-order valence-corrected chi connectivity index (χ3v) is 3.34. The van der Waals surface area contributed by atoms with Crippen LogP contribution in [0, 0.1) is 0 Å². The summed E-state index contributed by atoms with van der Waals surface area (Å²) in [6, 6.07) is 9.60. The lowest BCUT2D eigenvalue weighted by Gasteiger charge is -2.14. The lowest BCUT2D eigenvalue weighted by atomic mass is 10.1. The minimum absolute atomic E-state index is 0.259. The summed E-state index contributed by atoms with van der Waals surface area (Å²) >= 11 is 0. The van der Waals surface area contributed by atoms with Crippen LogP contribution >= 0.6 is 0 Å². The Morgan fingerprint density at radius 3 is 2.85 bits per heavy atom. The number of rotatable bonds is 7. The second kappa shape index (κ2) is 7.01. The van der Waals surface area contributed by atoms with E-state index in [1.54, 1.807) is 19.4 Å². The van der Waals surface area contributed by atoms with Crippen molar-refractivity contribution in [3.05, 3.63) is 47.9 Å². The van der Waals surface area contributed by atoms with Gasteiger partial charge < -0.3 is 19.6 Å². The molecule has 1 aromatic heterocycles. The van der Waals surface area contributed by atoms with Gasteiger partial charge >= 0.3 is 0 Å². The fraction of sp³-hybridized carbons (Fsp3) is 0.375. The monoisotopic (exact) mass is 275 g/mol. The van der Waals surface area contributed by atoms with E-state index in [-0.39, 0.29) is 5.75 Å². The number of aromatic hydroxyl groups is 1. The number of hydrogen-bond acceptors (Lipinski definition) is 4. The molecule has 0 saturated heterocycles. The predicted octanol–water partition coefficient (Wildman–Crippen LogP) is 3.10. The van der Waals surface area contributed by atoms with Gasteiger partial charge in [-0.05, 0) is 31.5 Å². The molecule has 1 atom stereocenters. The Labute approximate surface area is 119 Å². The first-order valence-corrected chi connectivity index (χ1v) is 6.80. The molecule has 1 aromatic carbocycles. The van der Waals surface area contributed by atoms with Crippen molar-refractivity contribution in [3.63, 3.8) is 0 Å². The Hall–Kier alpha value is -1.94. The van der Waals surface area contributed by atoms with Gasteiger partial charge in [-0.15, -0.1) is 0 Å². The van der Waals surface area contributed by atoms with Gasteiger partial charge in [0.2, 0.25) is 0 Å². The van der Waals surface area contributed by atoms with Crippen molar-refractivity contribution in [2.24, 2.45) is 0 Å². The van der Waals surface area contributed by atoms with Crippen LogP contribution in [-0.2, 0) is 13.0 Å². The average molecular weight is 275 g/mol. The average Bonchev–Trinajstić information content (AvgIpc) is 2.97. The molecule has 108 valence electrons. The Morgan fingerprint density at radius 1 is 1.35 bits per heavy atom. The van der Waals surface area contributed by atoms with Crippen LogP contribution in [0.1, 0.15) is 24.7 Å². The molecule has 1 unspecified atom stereocenters. The Balaban J connectivity index is 1.79. The summed E-state index contributed by atoms with van der Waals surface area (Å²) < 4.78 is 10.4. The van der Waals surface area contributed by atoms with Gasteiger partial charge in [-0.2, -0.15) is 0 Å². The molecule has 0 amide bonds. The van der Waals surface area contributed by atoms with Crippen LogP contribution in [-0.4, -0.2) is 18.3 Å². The zero-order chi connectivity index (χ0) is 14.4.